The van der Waals surface area contributed by atoms with Crippen molar-refractivity contribution in [1.29, 1.82) is 0 Å². The molecule has 2 unspecified atom stereocenters. The molecular formula is C29H34N2O4. The van der Waals surface area contributed by atoms with Gasteiger partial charge in [-0.25, -0.2) is 0 Å². The average Bonchev–Trinajstić information content (AvgIpc) is 3.23. The first-order chi connectivity index (χ1) is 17.0. The van der Waals surface area contributed by atoms with Gasteiger partial charge < -0.3 is 19.2 Å². The first-order valence-corrected chi connectivity index (χ1v) is 13.2. The highest BCUT2D eigenvalue weighted by Gasteiger charge is 2.66. The van der Waals surface area contributed by atoms with E-state index in [1.807, 2.05) is 24.1 Å². The van der Waals surface area contributed by atoms with Crippen LogP contribution in [0.25, 0.3) is 6.08 Å². The van der Waals surface area contributed by atoms with E-state index in [1.54, 1.807) is 24.7 Å². The Bertz CT molecular complexity index is 1190. The van der Waals surface area contributed by atoms with E-state index in [4.69, 9.17) is 9.15 Å². The molecule has 2 bridgehead atoms. The normalized spacial score (nSPS) is 36.6. The summed E-state index contributed by atoms with van der Waals surface area (Å²) in [5.41, 5.74) is 3.34. The SMILES string of the molecule is CC1CC1CN1CC[C@]23c4c5ccc(O)c4O[C@H]2[C@H](N(C)C(=O)C=Cc2ccoc2)CC[C@H]3[C@H]1C5. The van der Waals surface area contributed by atoms with Crippen molar-refractivity contribution >= 4 is 12.0 Å². The minimum absolute atomic E-state index is 0.0254. The maximum atomic E-state index is 13.2. The van der Waals surface area contributed by atoms with Crippen molar-refractivity contribution in [3.63, 3.8) is 0 Å². The van der Waals surface area contributed by atoms with Crippen molar-refractivity contribution in [2.75, 3.05) is 20.1 Å². The van der Waals surface area contributed by atoms with Crippen LogP contribution in [0.1, 0.15) is 49.3 Å². The molecule has 6 nitrogen and oxygen atoms in total. The summed E-state index contributed by atoms with van der Waals surface area (Å²) in [6.07, 6.45) is 12.0. The van der Waals surface area contributed by atoms with Crippen molar-refractivity contribution in [1.82, 2.24) is 9.80 Å². The highest BCUT2D eigenvalue weighted by molar-refractivity contribution is 5.91. The van der Waals surface area contributed by atoms with Gasteiger partial charge in [-0.3, -0.25) is 9.69 Å². The van der Waals surface area contributed by atoms with Gasteiger partial charge in [-0.1, -0.05) is 13.0 Å². The van der Waals surface area contributed by atoms with Crippen LogP contribution in [0.15, 0.2) is 41.2 Å². The molecule has 1 aromatic heterocycles. The topological polar surface area (TPSA) is 66.2 Å². The minimum atomic E-state index is -0.121. The Kier molecular flexibility index (Phi) is 4.70. The second-order valence-electron chi connectivity index (χ2n) is 11.6. The van der Waals surface area contributed by atoms with Crippen molar-refractivity contribution in [3.05, 3.63) is 53.5 Å². The maximum Gasteiger partial charge on any atom is 0.246 e. The zero-order valence-corrected chi connectivity index (χ0v) is 20.5. The lowest BCUT2D eigenvalue weighted by Crippen LogP contribution is -2.69. The number of phenolic OH excluding ortho intramolecular Hbond substituents is 1. The number of rotatable bonds is 5. The molecule has 3 aliphatic carbocycles. The van der Waals surface area contributed by atoms with Crippen molar-refractivity contribution in [3.8, 4) is 11.5 Å². The van der Waals surface area contributed by atoms with Crippen LogP contribution < -0.4 is 4.74 Å². The number of benzene rings is 1. The number of likely N-dealkylation sites (tertiary alicyclic amines) is 1. The van der Waals surface area contributed by atoms with E-state index in [9.17, 15) is 9.90 Å². The molecule has 3 fully saturated rings. The van der Waals surface area contributed by atoms with Gasteiger partial charge in [-0.15, -0.1) is 0 Å². The predicted octanol–water partition coefficient (Wildman–Crippen LogP) is 4.22. The molecule has 1 saturated heterocycles. The fraction of sp³-hybridized carbons (Fsp3) is 0.552. The van der Waals surface area contributed by atoms with Crippen LogP contribution in [-0.2, 0) is 16.6 Å². The molecule has 1 aromatic carbocycles. The van der Waals surface area contributed by atoms with Crippen LogP contribution in [0.3, 0.4) is 0 Å². The van der Waals surface area contributed by atoms with E-state index >= 15 is 0 Å². The Labute approximate surface area is 206 Å². The van der Waals surface area contributed by atoms with E-state index in [2.05, 4.69) is 17.9 Å². The fourth-order valence-electron chi connectivity index (χ4n) is 7.99. The number of piperidine rings is 1. The molecule has 6 heteroatoms. The van der Waals surface area contributed by atoms with Crippen molar-refractivity contribution in [2.24, 2.45) is 17.8 Å². The second kappa shape index (κ2) is 7.63. The highest BCUT2D eigenvalue weighted by atomic mass is 16.5. The molecule has 35 heavy (non-hydrogen) atoms. The second-order valence-corrected chi connectivity index (χ2v) is 11.6. The van der Waals surface area contributed by atoms with E-state index in [1.165, 1.54) is 24.1 Å². The quantitative estimate of drug-likeness (QED) is 0.658. The molecule has 5 aliphatic rings. The molecule has 2 aromatic rings. The number of carbonyl (C=O) groups excluding carboxylic acids is 1. The summed E-state index contributed by atoms with van der Waals surface area (Å²) >= 11 is 0. The first-order valence-electron chi connectivity index (χ1n) is 13.2. The maximum absolute atomic E-state index is 13.2. The Morgan fingerprint density at radius 1 is 1.31 bits per heavy atom. The summed E-state index contributed by atoms with van der Waals surface area (Å²) in [7, 11) is 1.90. The number of hydrogen-bond donors (Lipinski definition) is 1. The summed E-state index contributed by atoms with van der Waals surface area (Å²) < 4.78 is 11.8. The van der Waals surface area contributed by atoms with Gasteiger partial charge in [0.25, 0.3) is 0 Å². The molecule has 2 saturated carbocycles. The third-order valence-corrected chi connectivity index (χ3v) is 9.95. The van der Waals surface area contributed by atoms with Crippen LogP contribution in [0.2, 0.25) is 0 Å². The van der Waals surface area contributed by atoms with Gasteiger partial charge in [-0.2, -0.15) is 0 Å². The van der Waals surface area contributed by atoms with Gasteiger partial charge in [0.05, 0.1) is 18.6 Å². The zero-order valence-electron chi connectivity index (χ0n) is 20.5. The number of amides is 1. The standard InChI is InChI=1S/C29H34N2O4/c1-17-13-20(17)15-31-11-10-29-21-5-6-22(30(2)25(33)8-3-18-9-12-34-16-18)28(29)35-27-24(32)7-4-19(26(27)29)14-23(21)31/h3-4,7-9,12,16-17,20-23,28,32H,5-6,10-11,13-15H2,1-2H3/t17?,20?,21-,22+,23+,28-,29-/m0/s1. The molecule has 3 heterocycles. The van der Waals surface area contributed by atoms with Crippen LogP contribution in [0.4, 0.5) is 0 Å². The summed E-state index contributed by atoms with van der Waals surface area (Å²) in [5.74, 6) is 3.11. The number of carbonyl (C=O) groups is 1. The van der Waals surface area contributed by atoms with Gasteiger partial charge in [0.1, 0.15) is 6.10 Å². The molecule has 184 valence electrons. The predicted molar refractivity (Wildman–Crippen MR) is 132 cm³/mol. The Morgan fingerprint density at radius 2 is 2.17 bits per heavy atom. The summed E-state index contributed by atoms with van der Waals surface area (Å²) in [4.78, 5) is 17.9. The molecule has 7 rings (SSSR count). The van der Waals surface area contributed by atoms with Crippen LogP contribution in [-0.4, -0.2) is 59.1 Å². The number of likely N-dealkylation sites (N-methyl/N-ethyl adjacent to an activating group) is 1. The Hall–Kier alpha value is -2.73. The summed E-state index contributed by atoms with van der Waals surface area (Å²) in [5, 5.41) is 10.8. The lowest BCUT2D eigenvalue weighted by atomic mass is 9.51. The number of ether oxygens (including phenoxy) is 1. The first kappa shape index (κ1) is 21.5. The molecule has 1 amide bonds. The highest BCUT2D eigenvalue weighted by Crippen LogP contribution is 2.64. The third kappa shape index (κ3) is 3.08. The van der Waals surface area contributed by atoms with E-state index in [0.717, 1.165) is 49.6 Å². The van der Waals surface area contributed by atoms with Crippen LogP contribution in [0, 0.1) is 17.8 Å². The van der Waals surface area contributed by atoms with Crippen molar-refractivity contribution in [2.45, 2.75) is 62.6 Å². The molecule has 1 spiro atoms. The van der Waals surface area contributed by atoms with Gasteiger partial charge in [0, 0.05) is 42.3 Å². The molecule has 7 atom stereocenters. The number of hydrogen-bond acceptors (Lipinski definition) is 5. The fourth-order valence-corrected chi connectivity index (χ4v) is 7.99. The Morgan fingerprint density at radius 3 is 2.94 bits per heavy atom. The van der Waals surface area contributed by atoms with Gasteiger partial charge in [0.15, 0.2) is 11.5 Å². The molecule has 1 N–H and O–H groups in total. The van der Waals surface area contributed by atoms with E-state index in [-0.39, 0.29) is 29.2 Å². The minimum Gasteiger partial charge on any atom is -0.504 e. The lowest BCUT2D eigenvalue weighted by molar-refractivity contribution is -0.135. The number of phenols is 1. The molecular weight excluding hydrogens is 440 g/mol. The number of nitrogens with zero attached hydrogens (tertiary/aromatic N) is 2. The molecule has 0 radical (unpaired) electrons. The summed E-state index contributed by atoms with van der Waals surface area (Å²) in [6.45, 7) is 4.66. The third-order valence-electron chi connectivity index (χ3n) is 9.95. The lowest BCUT2D eigenvalue weighted by Gasteiger charge is -2.60. The van der Waals surface area contributed by atoms with Gasteiger partial charge >= 0.3 is 0 Å². The van der Waals surface area contributed by atoms with Crippen molar-refractivity contribution < 1.29 is 19.1 Å². The number of furan rings is 1. The smallest absolute Gasteiger partial charge is 0.246 e. The molecule has 2 aliphatic heterocycles. The van der Waals surface area contributed by atoms with E-state index < -0.39 is 0 Å². The monoisotopic (exact) mass is 474 g/mol. The largest absolute Gasteiger partial charge is 0.504 e. The zero-order chi connectivity index (χ0) is 23.9. The van der Waals surface area contributed by atoms with Crippen LogP contribution in [0.5, 0.6) is 11.5 Å². The van der Waals surface area contributed by atoms with Crippen LogP contribution >= 0.6 is 0 Å². The number of aromatic hydroxyl groups is 1. The van der Waals surface area contributed by atoms with Gasteiger partial charge in [0.2, 0.25) is 5.91 Å². The average molecular weight is 475 g/mol. The Balaban J connectivity index is 1.23. The summed E-state index contributed by atoms with van der Waals surface area (Å²) in [6, 6.07) is 6.27. The van der Waals surface area contributed by atoms with E-state index in [0.29, 0.717) is 17.7 Å². The van der Waals surface area contributed by atoms with Gasteiger partial charge in [-0.05, 0) is 80.2 Å².